The Labute approximate surface area is 76.2 Å². The molecular formula is C7H14N2O4. The molecule has 6 nitrogen and oxygen atoms in total. The van der Waals surface area contributed by atoms with E-state index in [1.165, 1.54) is 0 Å². The zero-order chi connectivity index (χ0) is 10.3. The lowest BCUT2D eigenvalue weighted by molar-refractivity contribution is -0.139. The molecule has 0 unspecified atom stereocenters. The average Bonchev–Trinajstić information content (AvgIpc) is 2.37. The van der Waals surface area contributed by atoms with Gasteiger partial charge in [0.15, 0.2) is 0 Å². The minimum Gasteiger partial charge on any atom is -0.464 e. The van der Waals surface area contributed by atoms with E-state index in [2.05, 4.69) is 15.2 Å². The third kappa shape index (κ3) is 5.92. The zero-order valence-electron chi connectivity index (χ0n) is 7.49. The van der Waals surface area contributed by atoms with E-state index >= 15 is 0 Å². The summed E-state index contributed by atoms with van der Waals surface area (Å²) in [7, 11) is 0. The summed E-state index contributed by atoms with van der Waals surface area (Å²) in [5, 5.41) is 0. The number of carbonyl (C=O) groups is 2. The van der Waals surface area contributed by atoms with Crippen LogP contribution in [0.5, 0.6) is 0 Å². The SMILES string of the molecule is CCOC(N)=O.N[C@H]1CCOC1=O. The van der Waals surface area contributed by atoms with Crippen molar-refractivity contribution in [3.8, 4) is 0 Å². The maximum Gasteiger partial charge on any atom is 0.404 e. The summed E-state index contributed by atoms with van der Waals surface area (Å²) >= 11 is 0. The van der Waals surface area contributed by atoms with Crippen molar-refractivity contribution in [3.63, 3.8) is 0 Å². The maximum absolute atomic E-state index is 10.2. The van der Waals surface area contributed by atoms with Crippen LogP contribution in [0.15, 0.2) is 0 Å². The second-order valence-corrected chi connectivity index (χ2v) is 2.31. The van der Waals surface area contributed by atoms with Gasteiger partial charge in [-0.15, -0.1) is 0 Å². The Morgan fingerprint density at radius 2 is 2.38 bits per heavy atom. The van der Waals surface area contributed by atoms with Crippen LogP contribution in [0.4, 0.5) is 4.79 Å². The molecule has 4 N–H and O–H groups in total. The predicted molar refractivity (Wildman–Crippen MR) is 44.8 cm³/mol. The first kappa shape index (κ1) is 11.7. The fraction of sp³-hybridized carbons (Fsp3) is 0.714. The van der Waals surface area contributed by atoms with E-state index in [9.17, 15) is 9.59 Å². The van der Waals surface area contributed by atoms with Crippen LogP contribution in [0.25, 0.3) is 0 Å². The standard InChI is InChI=1S/C4H7NO2.C3H7NO2/c5-3-1-2-7-4(3)6;1-2-6-3(4)5/h3H,1-2,5H2;2H2,1H3,(H2,4,5)/t3-;/m0./s1. The van der Waals surface area contributed by atoms with Gasteiger partial charge in [0.05, 0.1) is 13.2 Å². The van der Waals surface area contributed by atoms with Gasteiger partial charge >= 0.3 is 12.1 Å². The molecule has 6 heteroatoms. The molecule has 0 aromatic rings. The predicted octanol–water partition coefficient (Wildman–Crippen LogP) is -0.638. The molecule has 1 saturated heterocycles. The molecule has 0 spiro atoms. The van der Waals surface area contributed by atoms with Gasteiger partial charge in [0.2, 0.25) is 0 Å². The summed E-state index contributed by atoms with van der Waals surface area (Å²) < 4.78 is 8.68. The van der Waals surface area contributed by atoms with Crippen LogP contribution in [0.1, 0.15) is 13.3 Å². The van der Waals surface area contributed by atoms with E-state index in [0.29, 0.717) is 19.6 Å². The van der Waals surface area contributed by atoms with Gasteiger partial charge in [0.25, 0.3) is 0 Å². The lowest BCUT2D eigenvalue weighted by atomic mass is 10.3. The molecule has 0 aliphatic carbocycles. The topological polar surface area (TPSA) is 105 Å². The van der Waals surface area contributed by atoms with Crippen molar-refractivity contribution in [3.05, 3.63) is 0 Å². The highest BCUT2D eigenvalue weighted by atomic mass is 16.5. The molecule has 13 heavy (non-hydrogen) atoms. The molecular weight excluding hydrogens is 176 g/mol. The largest absolute Gasteiger partial charge is 0.464 e. The van der Waals surface area contributed by atoms with E-state index in [0.717, 1.165) is 0 Å². The van der Waals surface area contributed by atoms with Crippen molar-refractivity contribution in [2.24, 2.45) is 11.5 Å². The number of hydrogen-bond acceptors (Lipinski definition) is 5. The number of esters is 1. The number of ether oxygens (including phenoxy) is 2. The van der Waals surface area contributed by atoms with E-state index in [1.807, 2.05) is 0 Å². The van der Waals surface area contributed by atoms with Crippen molar-refractivity contribution >= 4 is 12.1 Å². The minimum absolute atomic E-state index is 0.264. The number of primary amides is 1. The molecule has 0 aromatic heterocycles. The quantitative estimate of drug-likeness (QED) is 0.535. The van der Waals surface area contributed by atoms with Crippen LogP contribution < -0.4 is 11.5 Å². The second-order valence-electron chi connectivity index (χ2n) is 2.31. The first-order valence-corrected chi connectivity index (χ1v) is 3.92. The van der Waals surface area contributed by atoms with Gasteiger partial charge < -0.3 is 20.9 Å². The monoisotopic (exact) mass is 190 g/mol. The molecule has 0 aromatic carbocycles. The number of carbonyl (C=O) groups excluding carboxylic acids is 2. The molecule has 76 valence electrons. The second kappa shape index (κ2) is 6.24. The highest BCUT2D eigenvalue weighted by Gasteiger charge is 2.20. The number of cyclic esters (lactones) is 1. The van der Waals surface area contributed by atoms with Crippen molar-refractivity contribution in [1.29, 1.82) is 0 Å². The molecule has 1 fully saturated rings. The van der Waals surface area contributed by atoms with Gasteiger partial charge in [0, 0.05) is 6.42 Å². The third-order valence-corrected chi connectivity index (χ3v) is 1.26. The molecule has 1 rings (SSSR count). The van der Waals surface area contributed by atoms with E-state index in [1.54, 1.807) is 6.92 Å². The van der Waals surface area contributed by atoms with Crippen molar-refractivity contribution in [2.45, 2.75) is 19.4 Å². The Hall–Kier alpha value is -1.30. The van der Waals surface area contributed by atoms with E-state index < -0.39 is 6.09 Å². The summed E-state index contributed by atoms with van der Waals surface area (Å²) in [6.07, 6.45) is -0.0312. The first-order valence-electron chi connectivity index (χ1n) is 3.92. The molecule has 0 radical (unpaired) electrons. The highest BCUT2D eigenvalue weighted by molar-refractivity contribution is 5.77. The van der Waals surface area contributed by atoms with Crippen molar-refractivity contribution < 1.29 is 19.1 Å². The highest BCUT2D eigenvalue weighted by Crippen LogP contribution is 2.00. The fourth-order valence-electron chi connectivity index (χ4n) is 0.654. The van der Waals surface area contributed by atoms with Gasteiger partial charge in [-0.2, -0.15) is 0 Å². The average molecular weight is 190 g/mol. The van der Waals surface area contributed by atoms with E-state index in [4.69, 9.17) is 5.73 Å². The van der Waals surface area contributed by atoms with Crippen LogP contribution in [0.3, 0.4) is 0 Å². The summed E-state index contributed by atoms with van der Waals surface area (Å²) in [6.45, 7) is 2.56. The van der Waals surface area contributed by atoms with Crippen LogP contribution in [-0.2, 0) is 14.3 Å². The molecule has 0 saturated carbocycles. The summed E-state index contributed by atoms with van der Waals surface area (Å²) in [5.74, 6) is -0.264. The Morgan fingerprint density at radius 1 is 1.77 bits per heavy atom. The summed E-state index contributed by atoms with van der Waals surface area (Å²) in [5.41, 5.74) is 9.75. The Bertz CT molecular complexity index is 183. The maximum atomic E-state index is 10.2. The van der Waals surface area contributed by atoms with Crippen LogP contribution in [0, 0.1) is 0 Å². The Kier molecular flexibility index (Phi) is 5.62. The zero-order valence-corrected chi connectivity index (χ0v) is 7.49. The van der Waals surface area contributed by atoms with Gasteiger partial charge in [-0.25, -0.2) is 4.79 Å². The molecule has 1 aliphatic rings. The molecule has 1 amide bonds. The number of hydrogen-bond donors (Lipinski definition) is 2. The third-order valence-electron chi connectivity index (χ3n) is 1.26. The summed E-state index contributed by atoms with van der Waals surface area (Å²) in [6, 6.07) is -0.347. The smallest absolute Gasteiger partial charge is 0.404 e. The number of amides is 1. The van der Waals surface area contributed by atoms with Gasteiger partial charge in [0.1, 0.15) is 6.04 Å². The molecule has 0 bridgehead atoms. The Morgan fingerprint density at radius 3 is 2.46 bits per heavy atom. The molecule has 1 aliphatic heterocycles. The lowest BCUT2D eigenvalue weighted by Crippen LogP contribution is -2.24. The molecule has 1 atom stereocenters. The minimum atomic E-state index is -0.711. The first-order chi connectivity index (χ1) is 6.07. The van der Waals surface area contributed by atoms with Gasteiger partial charge in [-0.1, -0.05) is 0 Å². The van der Waals surface area contributed by atoms with E-state index in [-0.39, 0.29) is 12.0 Å². The van der Waals surface area contributed by atoms with Crippen LogP contribution in [0.2, 0.25) is 0 Å². The summed E-state index contributed by atoms with van der Waals surface area (Å²) in [4.78, 5) is 19.8. The number of rotatable bonds is 1. The number of nitrogens with two attached hydrogens (primary N) is 2. The van der Waals surface area contributed by atoms with Crippen molar-refractivity contribution in [1.82, 2.24) is 0 Å². The van der Waals surface area contributed by atoms with Crippen LogP contribution in [-0.4, -0.2) is 31.3 Å². The van der Waals surface area contributed by atoms with Gasteiger partial charge in [-0.3, -0.25) is 4.79 Å². The Balaban J connectivity index is 0.000000226. The van der Waals surface area contributed by atoms with Gasteiger partial charge in [-0.05, 0) is 6.92 Å². The van der Waals surface area contributed by atoms with Crippen molar-refractivity contribution in [2.75, 3.05) is 13.2 Å². The van der Waals surface area contributed by atoms with Crippen LogP contribution >= 0.6 is 0 Å². The fourth-order valence-corrected chi connectivity index (χ4v) is 0.654. The lowest BCUT2D eigenvalue weighted by Gasteiger charge is -1.89. The molecule has 1 heterocycles. The normalized spacial score (nSPS) is 19.8.